The van der Waals surface area contributed by atoms with Gasteiger partial charge in [0.1, 0.15) is 18.6 Å². The van der Waals surface area contributed by atoms with E-state index < -0.39 is 7.14 Å². The van der Waals surface area contributed by atoms with Gasteiger partial charge in [0, 0.05) is 5.16 Å². The number of hydrogen-bond donors (Lipinski definition) is 0. The molecular formula is C13H21O3P. The standard InChI is InChI=1S/C13H21O3P/c1-13(2,3)17(6,14)12-10(15-4)8-7-9-11(12)16-5/h7-9H,1-6H3. The van der Waals surface area contributed by atoms with E-state index in [2.05, 4.69) is 0 Å². The molecule has 0 aliphatic carbocycles. The molecule has 0 heterocycles. The Morgan fingerprint density at radius 2 is 1.47 bits per heavy atom. The summed E-state index contributed by atoms with van der Waals surface area (Å²) in [4.78, 5) is 0. The second kappa shape index (κ2) is 4.73. The molecule has 0 spiro atoms. The Hall–Kier alpha value is -0.950. The van der Waals surface area contributed by atoms with Crippen LogP contribution >= 0.6 is 7.14 Å². The van der Waals surface area contributed by atoms with Gasteiger partial charge in [0.15, 0.2) is 0 Å². The molecule has 1 aromatic carbocycles. The molecule has 0 N–H and O–H groups in total. The van der Waals surface area contributed by atoms with Crippen molar-refractivity contribution in [3.05, 3.63) is 18.2 Å². The van der Waals surface area contributed by atoms with Crippen molar-refractivity contribution >= 4 is 12.4 Å². The van der Waals surface area contributed by atoms with E-state index in [1.807, 2.05) is 39.0 Å². The van der Waals surface area contributed by atoms with E-state index in [1.165, 1.54) is 0 Å². The summed E-state index contributed by atoms with van der Waals surface area (Å²) in [5.74, 6) is 1.26. The third-order valence-electron chi connectivity index (χ3n) is 3.11. The normalized spacial score (nSPS) is 15.2. The van der Waals surface area contributed by atoms with Crippen molar-refractivity contribution in [3.63, 3.8) is 0 Å². The quantitative estimate of drug-likeness (QED) is 0.779. The van der Waals surface area contributed by atoms with E-state index >= 15 is 0 Å². The molecule has 0 aliphatic heterocycles. The molecule has 0 bridgehead atoms. The van der Waals surface area contributed by atoms with Gasteiger partial charge in [-0.15, -0.1) is 0 Å². The van der Waals surface area contributed by atoms with Crippen molar-refractivity contribution in [1.82, 2.24) is 0 Å². The third kappa shape index (κ3) is 2.50. The van der Waals surface area contributed by atoms with Gasteiger partial charge in [-0.25, -0.2) is 0 Å². The summed E-state index contributed by atoms with van der Waals surface area (Å²) in [5, 5.41) is 0.368. The lowest BCUT2D eigenvalue weighted by molar-refractivity contribution is 0.399. The van der Waals surface area contributed by atoms with Crippen LogP contribution in [0, 0.1) is 0 Å². The SMILES string of the molecule is COc1cccc(OC)c1P(C)(=O)C(C)(C)C. The van der Waals surface area contributed by atoms with Gasteiger partial charge in [-0.05, 0) is 18.8 Å². The maximum absolute atomic E-state index is 13.0. The molecule has 4 heteroatoms. The highest BCUT2D eigenvalue weighted by Gasteiger charge is 2.38. The summed E-state index contributed by atoms with van der Waals surface area (Å²) >= 11 is 0. The lowest BCUT2D eigenvalue weighted by Gasteiger charge is -2.30. The number of benzene rings is 1. The minimum absolute atomic E-state index is 0.324. The lowest BCUT2D eigenvalue weighted by Crippen LogP contribution is -2.24. The van der Waals surface area contributed by atoms with E-state index in [9.17, 15) is 4.57 Å². The Morgan fingerprint density at radius 1 is 1.06 bits per heavy atom. The van der Waals surface area contributed by atoms with Crippen LogP contribution in [0.1, 0.15) is 20.8 Å². The Kier molecular flexibility index (Phi) is 3.93. The summed E-state index contributed by atoms with van der Waals surface area (Å²) in [7, 11) is 0.582. The number of rotatable bonds is 3. The van der Waals surface area contributed by atoms with Crippen LogP contribution < -0.4 is 14.8 Å². The molecule has 0 fully saturated rings. The van der Waals surface area contributed by atoms with E-state index in [4.69, 9.17) is 9.47 Å². The van der Waals surface area contributed by atoms with Gasteiger partial charge >= 0.3 is 0 Å². The van der Waals surface area contributed by atoms with Gasteiger partial charge < -0.3 is 14.0 Å². The summed E-state index contributed by atoms with van der Waals surface area (Å²) in [6, 6.07) is 5.48. The third-order valence-corrected chi connectivity index (χ3v) is 6.96. The highest BCUT2D eigenvalue weighted by Crippen LogP contribution is 2.56. The molecule has 0 saturated heterocycles. The Balaban J connectivity index is 3.54. The summed E-state index contributed by atoms with van der Waals surface area (Å²) in [5.41, 5.74) is 0. The van der Waals surface area contributed by atoms with Crippen LogP contribution in [0.3, 0.4) is 0 Å². The molecular weight excluding hydrogens is 235 g/mol. The summed E-state index contributed by atoms with van der Waals surface area (Å²) in [6.07, 6.45) is 0. The first kappa shape index (κ1) is 14.1. The van der Waals surface area contributed by atoms with Gasteiger partial charge in [0.05, 0.1) is 19.5 Å². The van der Waals surface area contributed by atoms with Gasteiger partial charge in [0.2, 0.25) is 0 Å². The van der Waals surface area contributed by atoms with Crippen LogP contribution in [0.25, 0.3) is 0 Å². The van der Waals surface area contributed by atoms with E-state index in [-0.39, 0.29) is 5.16 Å². The van der Waals surface area contributed by atoms with Gasteiger partial charge in [0.25, 0.3) is 0 Å². The zero-order chi connectivity index (χ0) is 13.3. The van der Waals surface area contributed by atoms with Gasteiger partial charge in [-0.3, -0.25) is 0 Å². The lowest BCUT2D eigenvalue weighted by atomic mass is 10.2. The molecule has 96 valence electrons. The Bertz CT molecular complexity index is 424. The number of ether oxygens (including phenoxy) is 2. The van der Waals surface area contributed by atoms with Gasteiger partial charge in [-0.1, -0.05) is 26.8 Å². The Morgan fingerprint density at radius 3 is 1.76 bits per heavy atom. The average molecular weight is 256 g/mol. The fourth-order valence-corrected chi connectivity index (χ4v) is 3.43. The topological polar surface area (TPSA) is 35.5 Å². The van der Waals surface area contributed by atoms with Crippen LogP contribution in [-0.2, 0) is 4.57 Å². The highest BCUT2D eigenvalue weighted by atomic mass is 31.2. The monoisotopic (exact) mass is 256 g/mol. The predicted molar refractivity (Wildman–Crippen MR) is 72.5 cm³/mol. The van der Waals surface area contributed by atoms with Crippen molar-refractivity contribution in [2.75, 3.05) is 20.9 Å². The minimum Gasteiger partial charge on any atom is -0.496 e. The van der Waals surface area contributed by atoms with Crippen LogP contribution in [0.4, 0.5) is 0 Å². The molecule has 0 amide bonds. The molecule has 1 aromatic rings. The molecule has 1 rings (SSSR count). The fourth-order valence-electron chi connectivity index (χ4n) is 1.59. The molecule has 1 unspecified atom stereocenters. The van der Waals surface area contributed by atoms with Gasteiger partial charge in [-0.2, -0.15) is 0 Å². The van der Waals surface area contributed by atoms with Crippen molar-refractivity contribution in [2.24, 2.45) is 0 Å². The largest absolute Gasteiger partial charge is 0.496 e. The first-order valence-corrected chi connectivity index (χ1v) is 7.70. The van der Waals surface area contributed by atoms with E-state index in [0.717, 1.165) is 0 Å². The summed E-state index contributed by atoms with van der Waals surface area (Å²) < 4.78 is 23.7. The predicted octanol–water partition coefficient (Wildman–Crippen LogP) is 3.12. The second-order valence-corrected chi connectivity index (χ2v) is 8.74. The van der Waals surface area contributed by atoms with Crippen molar-refractivity contribution in [2.45, 2.75) is 25.9 Å². The number of hydrogen-bond acceptors (Lipinski definition) is 3. The molecule has 17 heavy (non-hydrogen) atoms. The second-order valence-electron chi connectivity index (χ2n) is 5.11. The number of methoxy groups -OCH3 is 2. The first-order chi connectivity index (χ1) is 7.75. The smallest absolute Gasteiger partial charge is 0.133 e. The maximum atomic E-state index is 13.0. The molecule has 1 atom stereocenters. The van der Waals surface area contributed by atoms with Crippen molar-refractivity contribution < 1.29 is 14.0 Å². The fraction of sp³-hybridized carbons (Fsp3) is 0.538. The van der Waals surface area contributed by atoms with Crippen LogP contribution in [0.5, 0.6) is 11.5 Å². The summed E-state index contributed by atoms with van der Waals surface area (Å²) in [6.45, 7) is 7.70. The molecule has 0 saturated carbocycles. The molecule has 3 nitrogen and oxygen atoms in total. The minimum atomic E-state index is -2.59. The first-order valence-electron chi connectivity index (χ1n) is 5.55. The van der Waals surface area contributed by atoms with Crippen molar-refractivity contribution in [1.29, 1.82) is 0 Å². The maximum Gasteiger partial charge on any atom is 0.133 e. The highest BCUT2D eigenvalue weighted by molar-refractivity contribution is 7.72. The van der Waals surface area contributed by atoms with Crippen molar-refractivity contribution in [3.8, 4) is 11.5 Å². The van der Waals surface area contributed by atoms with Crippen LogP contribution in [0.2, 0.25) is 0 Å². The Labute approximate surface area is 104 Å². The van der Waals surface area contributed by atoms with E-state index in [0.29, 0.717) is 16.8 Å². The molecule has 0 aliphatic rings. The zero-order valence-electron chi connectivity index (χ0n) is 11.4. The molecule has 0 aromatic heterocycles. The zero-order valence-corrected chi connectivity index (χ0v) is 12.3. The molecule has 0 radical (unpaired) electrons. The van der Waals surface area contributed by atoms with E-state index in [1.54, 1.807) is 20.9 Å². The van der Waals surface area contributed by atoms with Crippen LogP contribution in [0.15, 0.2) is 18.2 Å². The van der Waals surface area contributed by atoms with Crippen LogP contribution in [-0.4, -0.2) is 26.0 Å². The average Bonchev–Trinajstić information content (AvgIpc) is 2.26.